The van der Waals surface area contributed by atoms with Gasteiger partial charge in [-0.3, -0.25) is 9.59 Å². The molecule has 0 saturated heterocycles. The van der Waals surface area contributed by atoms with Crippen molar-refractivity contribution in [1.82, 2.24) is 10.7 Å². The van der Waals surface area contributed by atoms with E-state index in [9.17, 15) is 9.59 Å². The molecule has 1 aromatic rings. The van der Waals surface area contributed by atoms with Gasteiger partial charge in [-0.2, -0.15) is 5.10 Å². The monoisotopic (exact) mass is 247 g/mol. The van der Waals surface area contributed by atoms with Crippen molar-refractivity contribution in [3.8, 4) is 0 Å². The van der Waals surface area contributed by atoms with E-state index in [1.165, 1.54) is 0 Å². The summed E-state index contributed by atoms with van der Waals surface area (Å²) >= 11 is 0. The minimum atomic E-state index is -0.341. The van der Waals surface area contributed by atoms with E-state index in [0.717, 1.165) is 12.1 Å². The van der Waals surface area contributed by atoms with E-state index in [1.54, 1.807) is 24.3 Å². The molecule has 2 N–H and O–H groups in total. The van der Waals surface area contributed by atoms with Crippen molar-refractivity contribution < 1.29 is 9.59 Å². The summed E-state index contributed by atoms with van der Waals surface area (Å²) in [6.07, 6.45) is 0.774. The highest BCUT2D eigenvalue weighted by Gasteiger charge is 2.06. The first-order chi connectivity index (χ1) is 8.63. The van der Waals surface area contributed by atoms with Gasteiger partial charge in [0.05, 0.1) is 6.54 Å². The highest BCUT2D eigenvalue weighted by molar-refractivity contribution is 5.96. The molecule has 0 aliphatic heterocycles. The molecule has 0 atom stereocenters. The number of nitrogens with zero attached hydrogens (tertiary/aromatic N) is 1. The first-order valence-corrected chi connectivity index (χ1v) is 5.78. The Hall–Kier alpha value is -2.17. The number of hydrogen-bond donors (Lipinski definition) is 2. The van der Waals surface area contributed by atoms with Crippen LogP contribution in [0.3, 0.4) is 0 Å². The van der Waals surface area contributed by atoms with Crippen molar-refractivity contribution in [2.75, 3.05) is 6.54 Å². The summed E-state index contributed by atoms with van der Waals surface area (Å²) in [6, 6.07) is 8.73. The molecule has 96 valence electrons. The number of hydrazone groups is 1. The second kappa shape index (κ2) is 7.21. The van der Waals surface area contributed by atoms with E-state index in [2.05, 4.69) is 15.8 Å². The second-order valence-electron chi connectivity index (χ2n) is 3.78. The van der Waals surface area contributed by atoms with Crippen molar-refractivity contribution in [3.05, 3.63) is 35.9 Å². The Bertz CT molecular complexity index is 441. The van der Waals surface area contributed by atoms with Gasteiger partial charge >= 0.3 is 0 Å². The Morgan fingerprint density at radius 3 is 2.50 bits per heavy atom. The smallest absolute Gasteiger partial charge is 0.259 e. The predicted molar refractivity (Wildman–Crippen MR) is 70.3 cm³/mol. The fourth-order valence-corrected chi connectivity index (χ4v) is 1.13. The van der Waals surface area contributed by atoms with Crippen LogP contribution in [-0.2, 0) is 4.79 Å². The van der Waals surface area contributed by atoms with E-state index in [4.69, 9.17) is 0 Å². The van der Waals surface area contributed by atoms with Crippen molar-refractivity contribution in [2.45, 2.75) is 20.3 Å². The third-order valence-corrected chi connectivity index (χ3v) is 2.33. The van der Waals surface area contributed by atoms with Gasteiger partial charge in [0.25, 0.3) is 11.8 Å². The van der Waals surface area contributed by atoms with Gasteiger partial charge in [-0.05, 0) is 25.5 Å². The average Bonchev–Trinajstić information content (AvgIpc) is 2.42. The van der Waals surface area contributed by atoms with Crippen LogP contribution in [0.25, 0.3) is 0 Å². The van der Waals surface area contributed by atoms with Gasteiger partial charge in [0.15, 0.2) is 0 Å². The number of hydrogen-bond acceptors (Lipinski definition) is 3. The third-order valence-electron chi connectivity index (χ3n) is 2.33. The normalized spacial score (nSPS) is 10.9. The van der Waals surface area contributed by atoms with Crippen LogP contribution in [0.5, 0.6) is 0 Å². The molecule has 0 unspecified atom stereocenters. The number of carbonyl (C=O) groups is 2. The zero-order chi connectivity index (χ0) is 13.4. The van der Waals surface area contributed by atoms with Crippen molar-refractivity contribution in [3.63, 3.8) is 0 Å². The van der Waals surface area contributed by atoms with Gasteiger partial charge in [0.1, 0.15) is 0 Å². The molecule has 18 heavy (non-hydrogen) atoms. The predicted octanol–water partition coefficient (Wildman–Crippen LogP) is 1.32. The van der Waals surface area contributed by atoms with E-state index >= 15 is 0 Å². The average molecular weight is 247 g/mol. The SMILES string of the molecule is CC/C(C)=N\NC(=O)CNC(=O)c1ccccc1. The summed E-state index contributed by atoms with van der Waals surface area (Å²) in [6.45, 7) is 3.68. The lowest BCUT2D eigenvalue weighted by molar-refractivity contribution is -0.120. The molecule has 0 saturated carbocycles. The summed E-state index contributed by atoms with van der Waals surface area (Å²) in [5, 5.41) is 6.38. The van der Waals surface area contributed by atoms with Crippen LogP contribution < -0.4 is 10.7 Å². The summed E-state index contributed by atoms with van der Waals surface area (Å²) < 4.78 is 0. The number of amides is 2. The Morgan fingerprint density at radius 2 is 1.89 bits per heavy atom. The highest BCUT2D eigenvalue weighted by atomic mass is 16.2. The van der Waals surface area contributed by atoms with Gasteiger partial charge in [0, 0.05) is 11.3 Å². The Morgan fingerprint density at radius 1 is 1.22 bits per heavy atom. The maximum Gasteiger partial charge on any atom is 0.259 e. The first-order valence-electron chi connectivity index (χ1n) is 5.78. The Kier molecular flexibility index (Phi) is 5.57. The fourth-order valence-electron chi connectivity index (χ4n) is 1.13. The lowest BCUT2D eigenvalue weighted by atomic mass is 10.2. The van der Waals surface area contributed by atoms with Crippen LogP contribution in [0.4, 0.5) is 0 Å². The molecule has 0 fully saturated rings. The molecule has 2 amide bonds. The molecule has 0 aliphatic rings. The third kappa shape index (κ3) is 4.78. The maximum absolute atomic E-state index is 11.6. The molecule has 0 heterocycles. The lowest BCUT2D eigenvalue weighted by Crippen LogP contribution is -2.35. The molecule has 5 nitrogen and oxygen atoms in total. The van der Waals surface area contributed by atoms with E-state index < -0.39 is 0 Å². The molecule has 0 aliphatic carbocycles. The summed E-state index contributed by atoms with van der Waals surface area (Å²) in [5.74, 6) is -0.617. The Balaban J connectivity index is 2.37. The summed E-state index contributed by atoms with van der Waals surface area (Å²) in [5.41, 5.74) is 3.73. The van der Waals surface area contributed by atoms with Gasteiger partial charge in [-0.25, -0.2) is 5.43 Å². The van der Waals surface area contributed by atoms with Crippen LogP contribution in [-0.4, -0.2) is 24.1 Å². The number of carbonyl (C=O) groups excluding carboxylic acids is 2. The van der Waals surface area contributed by atoms with E-state index in [0.29, 0.717) is 5.56 Å². The molecule has 0 bridgehead atoms. The van der Waals surface area contributed by atoms with Gasteiger partial charge in [0.2, 0.25) is 0 Å². The van der Waals surface area contributed by atoms with E-state index in [1.807, 2.05) is 19.9 Å². The number of benzene rings is 1. The van der Waals surface area contributed by atoms with Crippen molar-refractivity contribution in [1.29, 1.82) is 0 Å². The topological polar surface area (TPSA) is 70.6 Å². The fraction of sp³-hybridized carbons (Fsp3) is 0.308. The van der Waals surface area contributed by atoms with Gasteiger partial charge < -0.3 is 5.32 Å². The zero-order valence-corrected chi connectivity index (χ0v) is 10.6. The minimum absolute atomic E-state index is 0.0891. The maximum atomic E-state index is 11.6. The van der Waals surface area contributed by atoms with Gasteiger partial charge in [-0.1, -0.05) is 25.1 Å². The van der Waals surface area contributed by atoms with Crippen LogP contribution in [0.2, 0.25) is 0 Å². The molecule has 1 rings (SSSR count). The van der Waals surface area contributed by atoms with Crippen LogP contribution in [0, 0.1) is 0 Å². The van der Waals surface area contributed by atoms with Crippen LogP contribution in [0.15, 0.2) is 35.4 Å². The van der Waals surface area contributed by atoms with Crippen LogP contribution in [0.1, 0.15) is 30.6 Å². The quantitative estimate of drug-likeness (QED) is 0.608. The molecule has 0 radical (unpaired) electrons. The molecular weight excluding hydrogens is 230 g/mol. The standard InChI is InChI=1S/C13H17N3O2/c1-3-10(2)15-16-12(17)9-14-13(18)11-7-5-4-6-8-11/h4-8H,3,9H2,1-2H3,(H,14,18)(H,16,17)/b15-10-. The summed E-state index contributed by atoms with van der Waals surface area (Å²) in [4.78, 5) is 23.0. The first kappa shape index (κ1) is 13.9. The minimum Gasteiger partial charge on any atom is -0.343 e. The highest BCUT2D eigenvalue weighted by Crippen LogP contribution is 1.97. The largest absolute Gasteiger partial charge is 0.343 e. The van der Waals surface area contributed by atoms with Crippen LogP contribution >= 0.6 is 0 Å². The molecule has 0 aromatic heterocycles. The number of rotatable bonds is 5. The van der Waals surface area contributed by atoms with Crippen molar-refractivity contribution in [2.24, 2.45) is 5.10 Å². The van der Waals surface area contributed by atoms with Crippen molar-refractivity contribution >= 4 is 17.5 Å². The lowest BCUT2D eigenvalue weighted by Gasteiger charge is -2.04. The molecular formula is C13H17N3O2. The molecule has 5 heteroatoms. The summed E-state index contributed by atoms with van der Waals surface area (Å²) in [7, 11) is 0. The van der Waals surface area contributed by atoms with E-state index in [-0.39, 0.29) is 18.4 Å². The second-order valence-corrected chi connectivity index (χ2v) is 3.78. The molecule has 0 spiro atoms. The van der Waals surface area contributed by atoms with Gasteiger partial charge in [-0.15, -0.1) is 0 Å². The number of nitrogens with one attached hydrogen (secondary N) is 2. The zero-order valence-electron chi connectivity index (χ0n) is 10.6. The molecule has 1 aromatic carbocycles. The Labute approximate surface area is 106 Å².